The molecule has 1 aromatic rings. The topological polar surface area (TPSA) is 37.4 Å². The van der Waals surface area contributed by atoms with E-state index in [0.29, 0.717) is 29.2 Å². The third-order valence-electron chi connectivity index (χ3n) is 5.03. The molecule has 0 N–H and O–H groups in total. The molecule has 2 bridgehead atoms. The molecule has 4 heteroatoms. The van der Waals surface area contributed by atoms with Crippen molar-refractivity contribution < 1.29 is 8.42 Å². The van der Waals surface area contributed by atoms with Crippen molar-refractivity contribution in [3.8, 4) is 0 Å². The van der Waals surface area contributed by atoms with Crippen molar-refractivity contribution in [1.82, 2.24) is 4.31 Å². The van der Waals surface area contributed by atoms with Gasteiger partial charge in [-0.25, -0.2) is 8.42 Å². The molecule has 0 aromatic heterocycles. The summed E-state index contributed by atoms with van der Waals surface area (Å²) in [6.45, 7) is 6.54. The molecule has 1 fully saturated rings. The molecule has 0 spiro atoms. The van der Waals surface area contributed by atoms with Gasteiger partial charge in [-0.2, -0.15) is 4.31 Å². The number of rotatable bonds is 5. The highest BCUT2D eigenvalue weighted by molar-refractivity contribution is 7.89. The minimum atomic E-state index is -3.41. The van der Waals surface area contributed by atoms with Gasteiger partial charge in [-0.05, 0) is 63.5 Å². The molecule has 22 heavy (non-hydrogen) atoms. The standard InChI is InChI=1S/C18H25NO2S/c1-13(2)19(12-17-11-15-6-7-16(17)10-15)22(20,21)18-8-4-14(3)5-9-18/h4-9,13,15-17H,10-12H2,1-3H3. The lowest BCUT2D eigenvalue weighted by Gasteiger charge is -2.30. The number of sulfonamides is 1. The zero-order chi connectivity index (χ0) is 15.9. The Labute approximate surface area is 134 Å². The monoisotopic (exact) mass is 319 g/mol. The highest BCUT2D eigenvalue weighted by Crippen LogP contribution is 2.44. The number of hydrogen-bond acceptors (Lipinski definition) is 2. The van der Waals surface area contributed by atoms with Crippen LogP contribution >= 0.6 is 0 Å². The summed E-state index contributed by atoms with van der Waals surface area (Å²) in [7, 11) is -3.41. The lowest BCUT2D eigenvalue weighted by Crippen LogP contribution is -2.41. The van der Waals surface area contributed by atoms with Crippen LogP contribution in [0.4, 0.5) is 0 Å². The van der Waals surface area contributed by atoms with Gasteiger partial charge in [-0.15, -0.1) is 0 Å². The maximum absolute atomic E-state index is 13.0. The summed E-state index contributed by atoms with van der Waals surface area (Å²) < 4.78 is 27.7. The summed E-state index contributed by atoms with van der Waals surface area (Å²) >= 11 is 0. The summed E-state index contributed by atoms with van der Waals surface area (Å²) in [4.78, 5) is 0.408. The second-order valence-corrected chi connectivity index (χ2v) is 8.91. The average molecular weight is 319 g/mol. The van der Waals surface area contributed by atoms with Gasteiger partial charge in [0.05, 0.1) is 4.90 Å². The molecule has 0 saturated heterocycles. The number of nitrogens with zero attached hydrogens (tertiary/aromatic N) is 1. The van der Waals surface area contributed by atoms with E-state index in [-0.39, 0.29) is 6.04 Å². The van der Waals surface area contributed by atoms with E-state index >= 15 is 0 Å². The zero-order valence-corrected chi connectivity index (χ0v) is 14.4. The van der Waals surface area contributed by atoms with Gasteiger partial charge in [-0.1, -0.05) is 29.8 Å². The normalized spacial score (nSPS) is 27.2. The smallest absolute Gasteiger partial charge is 0.207 e. The number of aryl methyl sites for hydroxylation is 1. The van der Waals surface area contributed by atoms with Gasteiger partial charge in [-0.3, -0.25) is 0 Å². The van der Waals surface area contributed by atoms with E-state index in [0.717, 1.165) is 12.0 Å². The van der Waals surface area contributed by atoms with Gasteiger partial charge < -0.3 is 0 Å². The zero-order valence-electron chi connectivity index (χ0n) is 13.6. The van der Waals surface area contributed by atoms with E-state index in [2.05, 4.69) is 12.2 Å². The Bertz CT molecular complexity index is 661. The van der Waals surface area contributed by atoms with Crippen molar-refractivity contribution in [2.45, 2.75) is 44.6 Å². The Kier molecular flexibility index (Phi) is 4.17. The molecule has 3 atom stereocenters. The van der Waals surface area contributed by atoms with Gasteiger partial charge in [0.25, 0.3) is 0 Å². The molecule has 0 heterocycles. The summed E-state index contributed by atoms with van der Waals surface area (Å²) in [5.41, 5.74) is 1.08. The van der Waals surface area contributed by atoms with Crippen LogP contribution in [0.25, 0.3) is 0 Å². The summed E-state index contributed by atoms with van der Waals surface area (Å²) in [6, 6.07) is 7.16. The van der Waals surface area contributed by atoms with Gasteiger partial charge in [0.1, 0.15) is 0 Å². The minimum absolute atomic E-state index is 0.0191. The second-order valence-electron chi connectivity index (χ2n) is 7.02. The Hall–Kier alpha value is -1.13. The van der Waals surface area contributed by atoms with Gasteiger partial charge in [0.2, 0.25) is 10.0 Å². The second kappa shape index (κ2) is 5.82. The number of benzene rings is 1. The SMILES string of the molecule is Cc1ccc(S(=O)(=O)N(CC2CC3C=CC2C3)C(C)C)cc1. The highest BCUT2D eigenvalue weighted by Gasteiger charge is 2.39. The average Bonchev–Trinajstić information content (AvgIpc) is 3.07. The summed E-state index contributed by atoms with van der Waals surface area (Å²) in [6.07, 6.45) is 6.93. The highest BCUT2D eigenvalue weighted by atomic mass is 32.2. The third-order valence-corrected chi connectivity index (χ3v) is 7.09. The molecule has 1 aromatic carbocycles. The lowest BCUT2D eigenvalue weighted by molar-refractivity contribution is 0.277. The fourth-order valence-electron chi connectivity index (χ4n) is 3.77. The number of fused-ring (bicyclic) bond motifs is 2. The number of allylic oxidation sites excluding steroid dienone is 2. The molecule has 3 nitrogen and oxygen atoms in total. The number of hydrogen-bond donors (Lipinski definition) is 0. The minimum Gasteiger partial charge on any atom is -0.207 e. The molecule has 0 aliphatic heterocycles. The predicted octanol–water partition coefficient (Wildman–Crippen LogP) is 3.61. The maximum Gasteiger partial charge on any atom is 0.243 e. The van der Waals surface area contributed by atoms with E-state index < -0.39 is 10.0 Å². The lowest BCUT2D eigenvalue weighted by atomic mass is 9.93. The van der Waals surface area contributed by atoms with Crippen LogP contribution in [0.2, 0.25) is 0 Å². The Morgan fingerprint density at radius 1 is 1.14 bits per heavy atom. The fourth-order valence-corrected chi connectivity index (χ4v) is 5.46. The molecule has 1 saturated carbocycles. The molecule has 0 radical (unpaired) electrons. The van der Waals surface area contributed by atoms with Gasteiger partial charge in [0.15, 0.2) is 0 Å². The van der Waals surface area contributed by atoms with E-state index in [1.54, 1.807) is 16.4 Å². The molecule has 3 unspecified atom stereocenters. The van der Waals surface area contributed by atoms with Crippen molar-refractivity contribution in [3.63, 3.8) is 0 Å². The molecule has 0 amide bonds. The molecule has 2 aliphatic carbocycles. The van der Waals surface area contributed by atoms with E-state index in [9.17, 15) is 8.42 Å². The van der Waals surface area contributed by atoms with Crippen LogP contribution in [0.3, 0.4) is 0 Å². The first-order valence-electron chi connectivity index (χ1n) is 8.15. The van der Waals surface area contributed by atoms with Crippen molar-refractivity contribution in [1.29, 1.82) is 0 Å². The van der Waals surface area contributed by atoms with E-state index in [4.69, 9.17) is 0 Å². The third kappa shape index (κ3) is 2.86. The van der Waals surface area contributed by atoms with Crippen LogP contribution in [-0.4, -0.2) is 25.3 Å². The van der Waals surface area contributed by atoms with Crippen LogP contribution in [0.1, 0.15) is 32.3 Å². The Morgan fingerprint density at radius 3 is 2.32 bits per heavy atom. The van der Waals surface area contributed by atoms with Crippen molar-refractivity contribution in [2.75, 3.05) is 6.54 Å². The van der Waals surface area contributed by atoms with Crippen LogP contribution in [0.5, 0.6) is 0 Å². The molecule has 120 valence electrons. The summed E-state index contributed by atoms with van der Waals surface area (Å²) in [5, 5.41) is 0. The fraction of sp³-hybridized carbons (Fsp3) is 0.556. The summed E-state index contributed by atoms with van der Waals surface area (Å²) in [5.74, 6) is 1.71. The molecular formula is C18H25NO2S. The van der Waals surface area contributed by atoms with Gasteiger partial charge in [0, 0.05) is 12.6 Å². The van der Waals surface area contributed by atoms with Crippen molar-refractivity contribution in [3.05, 3.63) is 42.0 Å². The van der Waals surface area contributed by atoms with E-state index in [1.165, 1.54) is 6.42 Å². The largest absolute Gasteiger partial charge is 0.243 e. The quantitative estimate of drug-likeness (QED) is 0.778. The molecular weight excluding hydrogens is 294 g/mol. The first kappa shape index (κ1) is 15.8. The first-order chi connectivity index (χ1) is 10.4. The first-order valence-corrected chi connectivity index (χ1v) is 9.59. The van der Waals surface area contributed by atoms with Crippen LogP contribution in [0, 0.1) is 24.7 Å². The van der Waals surface area contributed by atoms with Gasteiger partial charge >= 0.3 is 0 Å². The van der Waals surface area contributed by atoms with Crippen LogP contribution in [0.15, 0.2) is 41.3 Å². The maximum atomic E-state index is 13.0. The van der Waals surface area contributed by atoms with Crippen LogP contribution < -0.4 is 0 Å². The van der Waals surface area contributed by atoms with E-state index in [1.807, 2.05) is 32.9 Å². The van der Waals surface area contributed by atoms with Crippen molar-refractivity contribution >= 4 is 10.0 Å². The predicted molar refractivity (Wildman–Crippen MR) is 89.1 cm³/mol. The Morgan fingerprint density at radius 2 is 1.82 bits per heavy atom. The Balaban J connectivity index is 1.84. The molecule has 2 aliphatic rings. The molecule has 3 rings (SSSR count). The van der Waals surface area contributed by atoms with Crippen molar-refractivity contribution in [2.24, 2.45) is 17.8 Å². The van der Waals surface area contributed by atoms with Crippen LogP contribution in [-0.2, 0) is 10.0 Å².